The summed E-state index contributed by atoms with van der Waals surface area (Å²) in [5, 5.41) is 6.41. The molecule has 5 rings (SSSR count). The first-order valence-electron chi connectivity index (χ1n) is 12.2. The standard InChI is InChI=1S/C29H29N3O4/c1-2-36-29(34)22-10-13-24-25(18-22)31-28(33)26(24)27(21-6-4-3-5-7-21)30-23-11-8-20(9-12-23)19-32-14-16-35-17-15-32/h3-13,18,30H,2,14-17,19H2,1H3,(H,31,33). The van der Waals surface area contributed by atoms with Gasteiger partial charge in [-0.3, -0.25) is 9.69 Å². The van der Waals surface area contributed by atoms with E-state index in [0.29, 0.717) is 29.1 Å². The number of amides is 1. The number of carbonyl (C=O) groups is 2. The second kappa shape index (κ2) is 10.8. The van der Waals surface area contributed by atoms with E-state index in [1.807, 2.05) is 42.5 Å². The average Bonchev–Trinajstić information content (AvgIpc) is 3.24. The van der Waals surface area contributed by atoms with Crippen molar-refractivity contribution in [2.45, 2.75) is 13.5 Å². The van der Waals surface area contributed by atoms with Crippen molar-refractivity contribution in [3.05, 3.63) is 95.1 Å². The minimum atomic E-state index is -0.412. The molecule has 1 saturated heterocycles. The fraction of sp³-hybridized carbons (Fsp3) is 0.241. The minimum absolute atomic E-state index is 0.221. The molecule has 1 fully saturated rings. The number of benzene rings is 3. The van der Waals surface area contributed by atoms with Crippen LogP contribution < -0.4 is 10.6 Å². The van der Waals surface area contributed by atoms with Gasteiger partial charge in [0.05, 0.1) is 42.3 Å². The lowest BCUT2D eigenvalue weighted by Crippen LogP contribution is -2.35. The molecule has 0 aromatic heterocycles. The Balaban J connectivity index is 1.46. The van der Waals surface area contributed by atoms with E-state index in [1.165, 1.54) is 5.56 Å². The molecule has 3 aromatic carbocycles. The molecule has 2 N–H and O–H groups in total. The minimum Gasteiger partial charge on any atom is -0.462 e. The number of nitrogens with one attached hydrogen (secondary N) is 2. The van der Waals surface area contributed by atoms with Crippen LogP contribution in [0.1, 0.15) is 34.0 Å². The van der Waals surface area contributed by atoms with Gasteiger partial charge in [0.15, 0.2) is 0 Å². The number of rotatable bonds is 7. The van der Waals surface area contributed by atoms with Crippen LogP contribution in [0.2, 0.25) is 0 Å². The predicted octanol–water partition coefficient (Wildman–Crippen LogP) is 4.63. The molecule has 2 heterocycles. The number of ether oxygens (including phenoxy) is 2. The third-order valence-corrected chi connectivity index (χ3v) is 6.32. The van der Waals surface area contributed by atoms with Gasteiger partial charge in [-0.05, 0) is 42.3 Å². The van der Waals surface area contributed by atoms with E-state index in [9.17, 15) is 9.59 Å². The van der Waals surface area contributed by atoms with Crippen molar-refractivity contribution in [3.8, 4) is 0 Å². The van der Waals surface area contributed by atoms with Crippen molar-refractivity contribution in [3.63, 3.8) is 0 Å². The molecule has 184 valence electrons. The molecule has 3 aromatic rings. The average molecular weight is 484 g/mol. The summed E-state index contributed by atoms with van der Waals surface area (Å²) in [4.78, 5) is 27.7. The van der Waals surface area contributed by atoms with Gasteiger partial charge in [-0.2, -0.15) is 0 Å². The highest BCUT2D eigenvalue weighted by molar-refractivity contribution is 6.37. The molecule has 7 nitrogen and oxygen atoms in total. The van der Waals surface area contributed by atoms with Crippen molar-refractivity contribution in [2.75, 3.05) is 43.5 Å². The van der Waals surface area contributed by atoms with E-state index in [-0.39, 0.29) is 5.91 Å². The van der Waals surface area contributed by atoms with Crippen LogP contribution in [-0.2, 0) is 20.8 Å². The molecule has 0 atom stereocenters. The fourth-order valence-electron chi connectivity index (χ4n) is 4.50. The van der Waals surface area contributed by atoms with Gasteiger partial charge < -0.3 is 20.1 Å². The lowest BCUT2D eigenvalue weighted by atomic mass is 9.99. The van der Waals surface area contributed by atoms with Gasteiger partial charge >= 0.3 is 5.97 Å². The van der Waals surface area contributed by atoms with Gasteiger partial charge in [0.1, 0.15) is 0 Å². The Morgan fingerprint density at radius 1 is 1.00 bits per heavy atom. The van der Waals surface area contributed by atoms with Crippen molar-refractivity contribution in [2.24, 2.45) is 0 Å². The summed E-state index contributed by atoms with van der Waals surface area (Å²) in [5.41, 5.74) is 5.98. The molecule has 0 bridgehead atoms. The maximum absolute atomic E-state index is 13.2. The SMILES string of the molecule is CCOC(=O)c1ccc2c(c1)NC(=O)C2=C(Nc1ccc(CN2CCOCC2)cc1)c1ccccc1. The fourth-order valence-corrected chi connectivity index (χ4v) is 4.50. The largest absolute Gasteiger partial charge is 0.462 e. The van der Waals surface area contributed by atoms with Crippen LogP contribution in [0.5, 0.6) is 0 Å². The summed E-state index contributed by atoms with van der Waals surface area (Å²) in [6, 6.07) is 23.2. The van der Waals surface area contributed by atoms with Crippen LogP contribution in [0.4, 0.5) is 11.4 Å². The molecule has 2 aliphatic heterocycles. The van der Waals surface area contributed by atoms with Crippen molar-refractivity contribution in [1.29, 1.82) is 0 Å². The molecular formula is C29H29N3O4. The zero-order chi connectivity index (χ0) is 24.9. The molecular weight excluding hydrogens is 454 g/mol. The monoisotopic (exact) mass is 483 g/mol. The summed E-state index contributed by atoms with van der Waals surface area (Å²) < 4.78 is 10.6. The molecule has 0 spiro atoms. The van der Waals surface area contributed by atoms with Gasteiger partial charge in [0.2, 0.25) is 0 Å². The Kier molecular flexibility index (Phi) is 7.11. The van der Waals surface area contributed by atoms with Crippen LogP contribution in [0.15, 0.2) is 72.8 Å². The number of hydrogen-bond donors (Lipinski definition) is 2. The first kappa shape index (κ1) is 23.8. The van der Waals surface area contributed by atoms with Gasteiger partial charge in [0, 0.05) is 30.9 Å². The quantitative estimate of drug-likeness (QED) is 0.377. The lowest BCUT2D eigenvalue weighted by Gasteiger charge is -2.26. The Morgan fingerprint density at radius 3 is 2.47 bits per heavy atom. The van der Waals surface area contributed by atoms with Crippen LogP contribution in [0, 0.1) is 0 Å². The van der Waals surface area contributed by atoms with E-state index in [0.717, 1.165) is 49.7 Å². The summed E-state index contributed by atoms with van der Waals surface area (Å²) in [7, 11) is 0. The number of nitrogens with zero attached hydrogens (tertiary/aromatic N) is 1. The van der Waals surface area contributed by atoms with Crippen LogP contribution in [0.3, 0.4) is 0 Å². The number of hydrogen-bond acceptors (Lipinski definition) is 6. The van der Waals surface area contributed by atoms with Crippen LogP contribution >= 0.6 is 0 Å². The number of anilines is 2. The van der Waals surface area contributed by atoms with E-state index in [4.69, 9.17) is 9.47 Å². The van der Waals surface area contributed by atoms with Crippen LogP contribution in [0.25, 0.3) is 11.3 Å². The molecule has 0 saturated carbocycles. The third-order valence-electron chi connectivity index (χ3n) is 6.32. The highest BCUT2D eigenvalue weighted by atomic mass is 16.5. The van der Waals surface area contributed by atoms with E-state index >= 15 is 0 Å². The number of fused-ring (bicyclic) bond motifs is 1. The lowest BCUT2D eigenvalue weighted by molar-refractivity contribution is -0.110. The number of morpholine rings is 1. The smallest absolute Gasteiger partial charge is 0.338 e. The molecule has 0 unspecified atom stereocenters. The summed E-state index contributed by atoms with van der Waals surface area (Å²) in [5.74, 6) is -0.633. The van der Waals surface area contributed by atoms with Gasteiger partial charge in [-0.1, -0.05) is 48.5 Å². The van der Waals surface area contributed by atoms with Crippen molar-refractivity contribution in [1.82, 2.24) is 4.90 Å². The first-order valence-corrected chi connectivity index (χ1v) is 12.2. The number of carbonyl (C=O) groups excluding carboxylic acids is 2. The Hall–Kier alpha value is -3.94. The Morgan fingerprint density at radius 2 is 1.75 bits per heavy atom. The highest BCUT2D eigenvalue weighted by Crippen LogP contribution is 2.38. The molecule has 0 aliphatic carbocycles. The zero-order valence-electron chi connectivity index (χ0n) is 20.3. The van der Waals surface area contributed by atoms with Gasteiger partial charge in [0.25, 0.3) is 5.91 Å². The van der Waals surface area contributed by atoms with Crippen molar-refractivity contribution >= 4 is 34.5 Å². The maximum atomic E-state index is 13.2. The Labute approximate surface area is 210 Å². The van der Waals surface area contributed by atoms with Gasteiger partial charge in [-0.15, -0.1) is 0 Å². The third kappa shape index (κ3) is 5.17. The highest BCUT2D eigenvalue weighted by Gasteiger charge is 2.29. The molecule has 0 radical (unpaired) electrons. The zero-order valence-corrected chi connectivity index (χ0v) is 20.3. The number of esters is 1. The molecule has 7 heteroatoms. The second-order valence-electron chi connectivity index (χ2n) is 8.76. The van der Waals surface area contributed by atoms with Crippen LogP contribution in [-0.4, -0.2) is 49.7 Å². The summed E-state index contributed by atoms with van der Waals surface area (Å²) in [6.45, 7) is 6.38. The normalized spacial score (nSPS) is 16.8. The second-order valence-corrected chi connectivity index (χ2v) is 8.76. The van der Waals surface area contributed by atoms with E-state index in [2.05, 4.69) is 27.7 Å². The molecule has 1 amide bonds. The predicted molar refractivity (Wildman–Crippen MR) is 140 cm³/mol. The summed E-state index contributed by atoms with van der Waals surface area (Å²) in [6.07, 6.45) is 0. The molecule has 2 aliphatic rings. The topological polar surface area (TPSA) is 79.9 Å². The summed E-state index contributed by atoms with van der Waals surface area (Å²) >= 11 is 0. The first-order chi connectivity index (χ1) is 17.6. The molecule has 36 heavy (non-hydrogen) atoms. The van der Waals surface area contributed by atoms with E-state index < -0.39 is 5.97 Å². The van der Waals surface area contributed by atoms with Gasteiger partial charge in [-0.25, -0.2) is 4.79 Å². The van der Waals surface area contributed by atoms with E-state index in [1.54, 1.807) is 25.1 Å². The van der Waals surface area contributed by atoms with Crippen molar-refractivity contribution < 1.29 is 19.1 Å². The Bertz CT molecular complexity index is 1280. The maximum Gasteiger partial charge on any atom is 0.338 e.